The van der Waals surface area contributed by atoms with Gasteiger partial charge in [0.05, 0.1) is 5.69 Å². The highest BCUT2D eigenvalue weighted by atomic mass is 19.3. The number of hydrogen-bond acceptors (Lipinski definition) is 2. The van der Waals surface area contributed by atoms with E-state index in [1.54, 1.807) is 18.3 Å². The number of benzene rings is 3. The highest BCUT2D eigenvalue weighted by molar-refractivity contribution is 5.66. The fourth-order valence-corrected chi connectivity index (χ4v) is 3.74. The van der Waals surface area contributed by atoms with Crippen molar-refractivity contribution >= 4 is 6.08 Å². The molecule has 0 saturated carbocycles. The average Bonchev–Trinajstić information content (AvgIpc) is 2.87. The summed E-state index contributed by atoms with van der Waals surface area (Å²) < 4.78 is 102. The second-order valence-corrected chi connectivity index (χ2v) is 8.43. The summed E-state index contributed by atoms with van der Waals surface area (Å²) in [7, 11) is 0. The van der Waals surface area contributed by atoms with E-state index in [9.17, 15) is 30.7 Å². The number of aromatic nitrogens is 1. The number of halogens is 7. The van der Waals surface area contributed by atoms with Crippen LogP contribution in [-0.2, 0) is 6.42 Å². The van der Waals surface area contributed by atoms with Gasteiger partial charge in [-0.05, 0) is 60.0 Å². The Bertz CT molecular complexity index is 1460. The van der Waals surface area contributed by atoms with Crippen LogP contribution in [0.1, 0.15) is 24.5 Å². The molecule has 2 nitrogen and oxygen atoms in total. The molecule has 4 rings (SSSR count). The predicted molar refractivity (Wildman–Crippen MR) is 130 cm³/mol. The van der Waals surface area contributed by atoms with Crippen molar-refractivity contribution in [1.82, 2.24) is 4.98 Å². The minimum absolute atomic E-state index is 0.137. The van der Waals surface area contributed by atoms with Crippen LogP contribution in [0, 0.1) is 29.1 Å². The molecule has 0 aliphatic heterocycles. The molecule has 38 heavy (non-hydrogen) atoms. The molecule has 0 spiro atoms. The number of alkyl halides is 2. The summed E-state index contributed by atoms with van der Waals surface area (Å²) in [6.07, 6.45) is 0.708. The van der Waals surface area contributed by atoms with Gasteiger partial charge < -0.3 is 4.74 Å². The predicted octanol–water partition coefficient (Wildman–Crippen LogP) is 8.75. The minimum atomic E-state index is -3.95. The molecule has 0 atom stereocenters. The van der Waals surface area contributed by atoms with Crippen LogP contribution in [0.15, 0.2) is 72.9 Å². The van der Waals surface area contributed by atoms with Gasteiger partial charge in [0, 0.05) is 35.0 Å². The third kappa shape index (κ3) is 6.22. The fourth-order valence-electron chi connectivity index (χ4n) is 3.74. The van der Waals surface area contributed by atoms with Gasteiger partial charge in [0.1, 0.15) is 17.4 Å². The molecule has 4 aromatic rings. The van der Waals surface area contributed by atoms with E-state index in [-0.39, 0.29) is 16.7 Å². The Hall–Kier alpha value is -4.14. The standard InChI is InChI=1S/C29H20F7NO/c1-2-3-17-4-9-27(37-16-17)19-6-5-18(23(30)12-19)10-11-29(35,36)38-21-7-8-22(24(31)15-21)20-13-25(32)28(34)26(33)14-20/h4-16H,2-3H2,1H3/b11-10+. The quantitative estimate of drug-likeness (QED) is 0.168. The summed E-state index contributed by atoms with van der Waals surface area (Å²) in [6, 6.07) is 11.3. The summed E-state index contributed by atoms with van der Waals surface area (Å²) >= 11 is 0. The molecule has 0 aliphatic rings. The molecule has 1 heterocycles. The Labute approximate surface area is 214 Å². The van der Waals surface area contributed by atoms with E-state index in [4.69, 9.17) is 0 Å². The van der Waals surface area contributed by atoms with Crippen molar-refractivity contribution in [1.29, 1.82) is 0 Å². The number of nitrogens with zero attached hydrogens (tertiary/aromatic N) is 1. The Morgan fingerprint density at radius 2 is 1.50 bits per heavy atom. The molecule has 0 aliphatic carbocycles. The molecule has 196 valence electrons. The Kier molecular flexibility index (Phi) is 7.85. The normalized spacial score (nSPS) is 11.8. The highest BCUT2D eigenvalue weighted by Gasteiger charge is 2.28. The van der Waals surface area contributed by atoms with Crippen LogP contribution >= 0.6 is 0 Å². The zero-order chi connectivity index (χ0) is 27.4. The van der Waals surface area contributed by atoms with E-state index in [1.807, 2.05) is 13.0 Å². The monoisotopic (exact) mass is 531 g/mol. The van der Waals surface area contributed by atoms with Gasteiger partial charge in [-0.1, -0.05) is 31.5 Å². The van der Waals surface area contributed by atoms with Crippen molar-refractivity contribution < 1.29 is 35.5 Å². The summed E-state index contributed by atoms with van der Waals surface area (Å²) in [5, 5.41) is 0. The van der Waals surface area contributed by atoms with E-state index >= 15 is 0 Å². The van der Waals surface area contributed by atoms with Crippen LogP contribution in [-0.4, -0.2) is 11.1 Å². The van der Waals surface area contributed by atoms with Crippen molar-refractivity contribution in [2.24, 2.45) is 0 Å². The van der Waals surface area contributed by atoms with Crippen LogP contribution in [0.4, 0.5) is 30.7 Å². The van der Waals surface area contributed by atoms with Crippen molar-refractivity contribution in [2.75, 3.05) is 0 Å². The summed E-state index contributed by atoms with van der Waals surface area (Å²) in [4.78, 5) is 4.31. The first-order valence-electron chi connectivity index (χ1n) is 11.5. The lowest BCUT2D eigenvalue weighted by atomic mass is 10.0. The average molecular weight is 531 g/mol. The van der Waals surface area contributed by atoms with Gasteiger partial charge in [-0.2, -0.15) is 8.78 Å². The third-order valence-corrected chi connectivity index (χ3v) is 5.61. The molecule has 0 amide bonds. The van der Waals surface area contributed by atoms with Crippen molar-refractivity contribution in [2.45, 2.75) is 25.9 Å². The maximum Gasteiger partial charge on any atom is 0.419 e. The highest BCUT2D eigenvalue weighted by Crippen LogP contribution is 2.31. The molecular weight excluding hydrogens is 511 g/mol. The molecule has 0 saturated heterocycles. The maximum atomic E-state index is 14.6. The van der Waals surface area contributed by atoms with Crippen LogP contribution in [0.25, 0.3) is 28.5 Å². The third-order valence-electron chi connectivity index (χ3n) is 5.61. The number of ether oxygens (including phenoxy) is 1. The van der Waals surface area contributed by atoms with Crippen LogP contribution in [0.3, 0.4) is 0 Å². The molecular formula is C29H20F7NO. The Morgan fingerprint density at radius 3 is 2.11 bits per heavy atom. The summed E-state index contributed by atoms with van der Waals surface area (Å²) in [6.45, 7) is 2.04. The van der Waals surface area contributed by atoms with Gasteiger partial charge in [-0.3, -0.25) is 4.98 Å². The molecule has 3 aromatic carbocycles. The fraction of sp³-hybridized carbons (Fsp3) is 0.138. The zero-order valence-corrected chi connectivity index (χ0v) is 19.9. The number of rotatable bonds is 8. The number of pyridine rings is 1. The molecule has 0 radical (unpaired) electrons. The topological polar surface area (TPSA) is 22.1 Å². The SMILES string of the molecule is CCCc1ccc(-c2ccc(/C=C/C(F)(F)Oc3ccc(-c4cc(F)c(F)c(F)c4)c(F)c3)c(F)c2)nc1. The van der Waals surface area contributed by atoms with Crippen molar-refractivity contribution in [3.05, 3.63) is 113 Å². The zero-order valence-electron chi connectivity index (χ0n) is 19.9. The van der Waals surface area contributed by atoms with Crippen LogP contribution in [0.2, 0.25) is 0 Å². The van der Waals surface area contributed by atoms with E-state index in [0.717, 1.165) is 36.6 Å². The van der Waals surface area contributed by atoms with E-state index in [2.05, 4.69) is 9.72 Å². The molecule has 0 bridgehead atoms. The minimum Gasteiger partial charge on any atom is -0.429 e. The smallest absolute Gasteiger partial charge is 0.419 e. The van der Waals surface area contributed by atoms with Crippen molar-refractivity contribution in [3.8, 4) is 28.1 Å². The van der Waals surface area contributed by atoms with Gasteiger partial charge >= 0.3 is 6.11 Å². The first-order chi connectivity index (χ1) is 18.1. The summed E-state index contributed by atoms with van der Waals surface area (Å²) in [5.41, 5.74) is 1.23. The van der Waals surface area contributed by atoms with E-state index in [0.29, 0.717) is 35.5 Å². The Balaban J connectivity index is 1.48. The second-order valence-electron chi connectivity index (χ2n) is 8.43. The Morgan fingerprint density at radius 1 is 0.789 bits per heavy atom. The first-order valence-corrected chi connectivity index (χ1v) is 11.5. The molecule has 0 N–H and O–H groups in total. The van der Waals surface area contributed by atoms with Crippen LogP contribution in [0.5, 0.6) is 5.75 Å². The lowest BCUT2D eigenvalue weighted by Crippen LogP contribution is -2.21. The molecule has 0 fully saturated rings. The van der Waals surface area contributed by atoms with Gasteiger partial charge in [0.2, 0.25) is 0 Å². The lowest BCUT2D eigenvalue weighted by Gasteiger charge is -2.15. The van der Waals surface area contributed by atoms with E-state index < -0.39 is 40.9 Å². The molecule has 0 unspecified atom stereocenters. The number of aryl methyl sites for hydroxylation is 1. The first kappa shape index (κ1) is 26.9. The van der Waals surface area contributed by atoms with Crippen molar-refractivity contribution in [3.63, 3.8) is 0 Å². The van der Waals surface area contributed by atoms with Gasteiger partial charge in [-0.25, -0.2) is 22.0 Å². The number of hydrogen-bond donors (Lipinski definition) is 0. The molecule has 1 aromatic heterocycles. The van der Waals surface area contributed by atoms with E-state index in [1.165, 1.54) is 12.1 Å². The van der Waals surface area contributed by atoms with Gasteiger partial charge in [0.15, 0.2) is 17.5 Å². The van der Waals surface area contributed by atoms with Gasteiger partial charge in [0.25, 0.3) is 0 Å². The lowest BCUT2D eigenvalue weighted by molar-refractivity contribution is -0.131. The summed E-state index contributed by atoms with van der Waals surface area (Å²) in [5.74, 6) is -7.27. The molecule has 9 heteroatoms. The largest absolute Gasteiger partial charge is 0.429 e. The maximum absolute atomic E-state index is 14.6. The van der Waals surface area contributed by atoms with Crippen LogP contribution < -0.4 is 4.74 Å². The second kappa shape index (κ2) is 11.1. The van der Waals surface area contributed by atoms with Gasteiger partial charge in [-0.15, -0.1) is 0 Å².